The van der Waals surface area contributed by atoms with Crippen LogP contribution in [0.15, 0.2) is 22.8 Å². The molecule has 2 atom stereocenters. The molecular weight excluding hydrogens is 422 g/mol. The van der Waals surface area contributed by atoms with Crippen LogP contribution in [-0.2, 0) is 20.9 Å². The first-order valence-electron chi connectivity index (χ1n) is 9.92. The van der Waals surface area contributed by atoms with E-state index in [1.807, 2.05) is 6.08 Å². The van der Waals surface area contributed by atoms with Crippen molar-refractivity contribution < 1.29 is 24.6 Å². The number of amides is 1. The number of anilines is 1. The van der Waals surface area contributed by atoms with Crippen molar-refractivity contribution in [1.29, 1.82) is 0 Å². The Kier molecular flexibility index (Phi) is 6.97. The van der Waals surface area contributed by atoms with Crippen molar-refractivity contribution in [2.75, 3.05) is 5.73 Å². The molecule has 0 bridgehead atoms. The number of aromatic amines is 1. The number of aromatic nitrogens is 4. The SMILES string of the molecule is Nc1nc2ncc(CNC3=CCC(C(=O)N[C@@H](CCC(=O)O)C(=O)O)CC3)nc2c(=O)[nH]1. The largest absolute Gasteiger partial charge is 0.481 e. The maximum Gasteiger partial charge on any atom is 0.326 e. The average Bonchev–Trinajstić information content (AvgIpc) is 2.75. The fourth-order valence-electron chi connectivity index (χ4n) is 3.31. The summed E-state index contributed by atoms with van der Waals surface area (Å²) in [5.74, 6) is -3.23. The summed E-state index contributed by atoms with van der Waals surface area (Å²) in [6.45, 7) is 0.311. The number of fused-ring (bicyclic) bond motifs is 1. The van der Waals surface area contributed by atoms with Gasteiger partial charge >= 0.3 is 11.9 Å². The molecule has 2 heterocycles. The second kappa shape index (κ2) is 9.85. The summed E-state index contributed by atoms with van der Waals surface area (Å²) in [7, 11) is 0. The Morgan fingerprint density at radius 2 is 2.06 bits per heavy atom. The van der Waals surface area contributed by atoms with E-state index in [-0.39, 0.29) is 30.0 Å². The van der Waals surface area contributed by atoms with Crippen molar-refractivity contribution in [3.8, 4) is 0 Å². The number of hydrogen-bond acceptors (Lipinski definition) is 9. The van der Waals surface area contributed by atoms with Crippen molar-refractivity contribution in [2.24, 2.45) is 5.92 Å². The Labute approximate surface area is 181 Å². The van der Waals surface area contributed by atoms with E-state index in [1.54, 1.807) is 0 Å². The first-order valence-corrected chi connectivity index (χ1v) is 9.92. The molecule has 1 aliphatic carbocycles. The van der Waals surface area contributed by atoms with Crippen LogP contribution in [0.2, 0.25) is 0 Å². The third-order valence-electron chi connectivity index (χ3n) is 5.03. The molecule has 0 radical (unpaired) electrons. The monoisotopic (exact) mass is 445 g/mol. The zero-order valence-electron chi connectivity index (χ0n) is 17.0. The van der Waals surface area contributed by atoms with Crippen molar-refractivity contribution >= 4 is 35.0 Å². The lowest BCUT2D eigenvalue weighted by atomic mass is 9.91. The molecule has 0 saturated carbocycles. The van der Waals surface area contributed by atoms with E-state index >= 15 is 0 Å². The number of nitrogen functional groups attached to an aromatic ring is 1. The number of allylic oxidation sites excluding steroid dienone is 2. The minimum Gasteiger partial charge on any atom is -0.481 e. The van der Waals surface area contributed by atoms with E-state index in [9.17, 15) is 24.3 Å². The number of rotatable bonds is 9. The molecule has 170 valence electrons. The van der Waals surface area contributed by atoms with Crippen LogP contribution in [0.1, 0.15) is 37.8 Å². The Morgan fingerprint density at radius 3 is 2.72 bits per heavy atom. The quantitative estimate of drug-likeness (QED) is 0.289. The predicted molar refractivity (Wildman–Crippen MR) is 111 cm³/mol. The molecule has 2 aromatic heterocycles. The number of H-pyrrole nitrogens is 1. The van der Waals surface area contributed by atoms with Gasteiger partial charge in [-0.1, -0.05) is 6.08 Å². The second-order valence-corrected chi connectivity index (χ2v) is 7.37. The molecule has 0 aliphatic heterocycles. The van der Waals surface area contributed by atoms with E-state index in [1.165, 1.54) is 6.20 Å². The molecule has 2 aromatic rings. The highest BCUT2D eigenvalue weighted by atomic mass is 16.4. The Morgan fingerprint density at radius 1 is 1.28 bits per heavy atom. The van der Waals surface area contributed by atoms with Crippen molar-refractivity contribution in [3.63, 3.8) is 0 Å². The summed E-state index contributed by atoms with van der Waals surface area (Å²) >= 11 is 0. The third-order valence-corrected chi connectivity index (χ3v) is 5.03. The average molecular weight is 445 g/mol. The zero-order chi connectivity index (χ0) is 23.3. The lowest BCUT2D eigenvalue weighted by molar-refractivity contribution is -0.143. The maximum atomic E-state index is 12.4. The number of carboxylic acid groups (broad SMARTS) is 2. The van der Waals surface area contributed by atoms with Gasteiger partial charge < -0.3 is 26.6 Å². The van der Waals surface area contributed by atoms with E-state index in [0.29, 0.717) is 31.5 Å². The van der Waals surface area contributed by atoms with E-state index in [2.05, 4.69) is 30.6 Å². The lowest BCUT2D eigenvalue weighted by Gasteiger charge is -2.24. The molecule has 1 aliphatic rings. The standard InChI is InChI=1S/C19H23N7O6/c20-19-25-15-14(17(30)26-19)23-11(8-22-15)7-21-10-3-1-9(2-4-10)16(29)24-12(18(31)32)5-6-13(27)28/h3,8-9,12,21H,1-2,4-7H2,(H,24,29)(H,27,28)(H,31,32)(H3,20,22,25,26,30)/t9?,12-/m0/s1. The van der Waals surface area contributed by atoms with Crippen LogP contribution in [0.5, 0.6) is 0 Å². The van der Waals surface area contributed by atoms with E-state index < -0.39 is 35.4 Å². The molecule has 0 spiro atoms. The smallest absolute Gasteiger partial charge is 0.326 e. The molecular formula is C19H23N7O6. The van der Waals surface area contributed by atoms with Crippen LogP contribution < -0.4 is 21.9 Å². The fraction of sp³-hybridized carbons (Fsp3) is 0.421. The van der Waals surface area contributed by atoms with Gasteiger partial charge in [0, 0.05) is 18.0 Å². The van der Waals surface area contributed by atoms with Crippen LogP contribution in [0.4, 0.5) is 5.95 Å². The highest BCUT2D eigenvalue weighted by molar-refractivity contribution is 5.85. The molecule has 7 N–H and O–H groups in total. The minimum absolute atomic E-state index is 0.0369. The van der Waals surface area contributed by atoms with Crippen molar-refractivity contribution in [1.82, 2.24) is 30.6 Å². The topological polar surface area (TPSA) is 213 Å². The van der Waals surface area contributed by atoms with Crippen molar-refractivity contribution in [3.05, 3.63) is 34.0 Å². The molecule has 0 saturated heterocycles. The maximum absolute atomic E-state index is 12.4. The van der Waals surface area contributed by atoms with Gasteiger partial charge in [0.25, 0.3) is 5.56 Å². The Bertz CT molecular complexity index is 1130. The Balaban J connectivity index is 1.54. The van der Waals surface area contributed by atoms with Crippen LogP contribution >= 0.6 is 0 Å². The number of aliphatic carboxylic acids is 2. The molecule has 0 fully saturated rings. The molecule has 3 rings (SSSR count). The highest BCUT2D eigenvalue weighted by Gasteiger charge is 2.27. The molecule has 13 nitrogen and oxygen atoms in total. The molecule has 13 heteroatoms. The minimum atomic E-state index is -1.26. The number of carbonyl (C=O) groups excluding carboxylic acids is 1. The van der Waals surface area contributed by atoms with E-state index in [0.717, 1.165) is 5.70 Å². The zero-order valence-corrected chi connectivity index (χ0v) is 17.0. The number of nitrogens with zero attached hydrogens (tertiary/aromatic N) is 3. The number of nitrogens with one attached hydrogen (secondary N) is 3. The second-order valence-electron chi connectivity index (χ2n) is 7.37. The normalized spacial score (nSPS) is 16.8. The number of hydrogen-bond donors (Lipinski definition) is 6. The number of nitrogens with two attached hydrogens (primary N) is 1. The summed E-state index contributed by atoms with van der Waals surface area (Å²) < 4.78 is 0. The summed E-state index contributed by atoms with van der Waals surface area (Å²) in [5.41, 5.74) is 6.67. The van der Waals surface area contributed by atoms with Gasteiger partial charge in [0.15, 0.2) is 11.2 Å². The molecule has 32 heavy (non-hydrogen) atoms. The van der Waals surface area contributed by atoms with Gasteiger partial charge in [0.05, 0.1) is 18.4 Å². The predicted octanol–water partition coefficient (Wildman–Crippen LogP) is -0.497. The van der Waals surface area contributed by atoms with Gasteiger partial charge in [-0.25, -0.2) is 14.8 Å². The molecule has 1 unspecified atom stereocenters. The van der Waals surface area contributed by atoms with Gasteiger partial charge in [-0.05, 0) is 25.7 Å². The highest BCUT2D eigenvalue weighted by Crippen LogP contribution is 2.23. The van der Waals surface area contributed by atoms with E-state index in [4.69, 9.17) is 10.8 Å². The summed E-state index contributed by atoms with van der Waals surface area (Å²) in [6, 6.07) is -1.23. The third kappa shape index (κ3) is 5.77. The Hall–Kier alpha value is -4.03. The molecule has 0 aromatic carbocycles. The van der Waals surface area contributed by atoms with Crippen LogP contribution in [0.3, 0.4) is 0 Å². The van der Waals surface area contributed by atoms with Gasteiger partial charge in [-0.3, -0.25) is 19.4 Å². The molecule has 1 amide bonds. The summed E-state index contributed by atoms with van der Waals surface area (Å²) in [4.78, 5) is 60.9. The first kappa shape index (κ1) is 22.7. The van der Waals surface area contributed by atoms with Gasteiger partial charge in [0.1, 0.15) is 6.04 Å². The summed E-state index contributed by atoms with van der Waals surface area (Å²) in [5, 5.41) is 23.5. The van der Waals surface area contributed by atoms with Crippen LogP contribution in [-0.4, -0.2) is 54.0 Å². The van der Waals surface area contributed by atoms with Crippen molar-refractivity contribution in [2.45, 2.75) is 44.7 Å². The van der Waals surface area contributed by atoms with Gasteiger partial charge in [0.2, 0.25) is 11.9 Å². The first-order chi connectivity index (χ1) is 15.2. The number of carboxylic acids is 2. The fourth-order valence-corrected chi connectivity index (χ4v) is 3.31. The van der Waals surface area contributed by atoms with Crippen LogP contribution in [0.25, 0.3) is 11.2 Å². The van der Waals surface area contributed by atoms with Crippen LogP contribution in [0, 0.1) is 5.92 Å². The summed E-state index contributed by atoms with van der Waals surface area (Å²) in [6.07, 6.45) is 4.29. The number of carbonyl (C=O) groups is 3. The van der Waals surface area contributed by atoms with Gasteiger partial charge in [-0.2, -0.15) is 4.98 Å². The van der Waals surface area contributed by atoms with Gasteiger partial charge in [-0.15, -0.1) is 0 Å². The lowest BCUT2D eigenvalue weighted by Crippen LogP contribution is -2.44.